The molecule has 0 spiro atoms. The van der Waals surface area contributed by atoms with Crippen LogP contribution in [0.4, 0.5) is 5.69 Å². The van der Waals surface area contributed by atoms with Crippen molar-refractivity contribution in [3.63, 3.8) is 0 Å². The summed E-state index contributed by atoms with van der Waals surface area (Å²) in [6, 6.07) is 14.4. The smallest absolute Gasteiger partial charge is 0.276 e. The summed E-state index contributed by atoms with van der Waals surface area (Å²) in [5, 5.41) is 10.9. The summed E-state index contributed by atoms with van der Waals surface area (Å²) in [5.74, 6) is 1.19. The molecule has 104 valence electrons. The first-order valence-electron chi connectivity index (χ1n) is 6.53. The van der Waals surface area contributed by atoms with Crippen LogP contribution < -0.4 is 4.74 Å². The van der Waals surface area contributed by atoms with Crippen LogP contribution in [0.25, 0.3) is 0 Å². The Morgan fingerprint density at radius 2 is 1.75 bits per heavy atom. The van der Waals surface area contributed by atoms with Crippen LogP contribution in [-0.2, 0) is 6.61 Å². The highest BCUT2D eigenvalue weighted by molar-refractivity contribution is 5.39. The summed E-state index contributed by atoms with van der Waals surface area (Å²) < 4.78 is 5.61. The number of rotatable bonds is 5. The molecule has 4 nitrogen and oxygen atoms in total. The minimum absolute atomic E-state index is 0.0892. The zero-order valence-electron chi connectivity index (χ0n) is 11.6. The number of benzene rings is 2. The lowest BCUT2D eigenvalue weighted by Crippen LogP contribution is -2.00. The van der Waals surface area contributed by atoms with Gasteiger partial charge in [-0.3, -0.25) is 10.1 Å². The van der Waals surface area contributed by atoms with Gasteiger partial charge in [0.25, 0.3) is 5.69 Å². The van der Waals surface area contributed by atoms with Crippen molar-refractivity contribution in [1.29, 1.82) is 0 Å². The van der Waals surface area contributed by atoms with Gasteiger partial charge in [0.05, 0.1) is 10.5 Å². The Balaban J connectivity index is 2.07. The second kappa shape index (κ2) is 6.19. The predicted octanol–water partition coefficient (Wildman–Crippen LogP) is 4.30. The molecule has 0 saturated heterocycles. The molecule has 0 atom stereocenters. The Morgan fingerprint density at radius 1 is 1.10 bits per heavy atom. The molecule has 0 unspecified atom stereocenters. The van der Waals surface area contributed by atoms with Crippen LogP contribution in [0.5, 0.6) is 5.75 Å². The van der Waals surface area contributed by atoms with Crippen LogP contribution in [0.1, 0.15) is 30.9 Å². The SMILES string of the molecule is CC(C)c1ccc(OCc2ccccc2[N+](=O)[O-])cc1. The monoisotopic (exact) mass is 271 g/mol. The fourth-order valence-electron chi connectivity index (χ4n) is 1.92. The minimum Gasteiger partial charge on any atom is -0.489 e. The van der Waals surface area contributed by atoms with Crippen molar-refractivity contribution in [3.8, 4) is 5.75 Å². The van der Waals surface area contributed by atoms with Gasteiger partial charge in [0.15, 0.2) is 0 Å². The third-order valence-electron chi connectivity index (χ3n) is 3.13. The van der Waals surface area contributed by atoms with E-state index in [0.717, 1.165) is 0 Å². The van der Waals surface area contributed by atoms with Crippen molar-refractivity contribution in [1.82, 2.24) is 0 Å². The lowest BCUT2D eigenvalue weighted by molar-refractivity contribution is -0.385. The second-order valence-electron chi connectivity index (χ2n) is 4.90. The van der Waals surface area contributed by atoms with Crippen molar-refractivity contribution in [2.24, 2.45) is 0 Å². The van der Waals surface area contributed by atoms with Gasteiger partial charge in [-0.05, 0) is 29.7 Å². The largest absolute Gasteiger partial charge is 0.489 e. The normalized spacial score (nSPS) is 10.6. The topological polar surface area (TPSA) is 52.4 Å². The molecule has 4 heteroatoms. The van der Waals surface area contributed by atoms with Gasteiger partial charge in [-0.25, -0.2) is 0 Å². The number of hydrogen-bond donors (Lipinski definition) is 0. The number of para-hydroxylation sites is 1. The van der Waals surface area contributed by atoms with E-state index in [2.05, 4.69) is 13.8 Å². The summed E-state index contributed by atoms with van der Waals surface area (Å²) in [6.45, 7) is 4.45. The van der Waals surface area contributed by atoms with Crippen molar-refractivity contribution < 1.29 is 9.66 Å². The van der Waals surface area contributed by atoms with Crippen LogP contribution in [0, 0.1) is 10.1 Å². The Bertz CT molecular complexity index is 591. The van der Waals surface area contributed by atoms with Gasteiger partial charge in [-0.2, -0.15) is 0 Å². The van der Waals surface area contributed by atoms with Crippen LogP contribution in [0.2, 0.25) is 0 Å². The maximum absolute atomic E-state index is 10.9. The van der Waals surface area contributed by atoms with Crippen LogP contribution in [-0.4, -0.2) is 4.92 Å². The van der Waals surface area contributed by atoms with Gasteiger partial charge in [0.1, 0.15) is 12.4 Å². The first-order valence-corrected chi connectivity index (χ1v) is 6.53. The van der Waals surface area contributed by atoms with Gasteiger partial charge in [-0.15, -0.1) is 0 Å². The number of ether oxygens (including phenoxy) is 1. The van der Waals surface area contributed by atoms with E-state index in [0.29, 0.717) is 17.2 Å². The Labute approximate surface area is 118 Å². The van der Waals surface area contributed by atoms with E-state index in [1.807, 2.05) is 24.3 Å². The van der Waals surface area contributed by atoms with Gasteiger partial charge in [0, 0.05) is 6.07 Å². The van der Waals surface area contributed by atoms with E-state index in [1.165, 1.54) is 11.6 Å². The molecular formula is C16H17NO3. The highest BCUT2D eigenvalue weighted by Crippen LogP contribution is 2.22. The van der Waals surface area contributed by atoms with E-state index in [1.54, 1.807) is 18.2 Å². The predicted molar refractivity (Wildman–Crippen MR) is 78.0 cm³/mol. The average molecular weight is 271 g/mol. The highest BCUT2D eigenvalue weighted by Gasteiger charge is 2.12. The van der Waals surface area contributed by atoms with Crippen LogP contribution >= 0.6 is 0 Å². The van der Waals surface area contributed by atoms with E-state index >= 15 is 0 Å². The molecule has 0 amide bonds. The Hall–Kier alpha value is -2.36. The summed E-state index contributed by atoms with van der Waals surface area (Å²) in [7, 11) is 0. The first-order chi connectivity index (χ1) is 9.58. The number of nitrogens with zero attached hydrogens (tertiary/aromatic N) is 1. The highest BCUT2D eigenvalue weighted by atomic mass is 16.6. The third-order valence-corrected chi connectivity index (χ3v) is 3.13. The van der Waals surface area contributed by atoms with E-state index < -0.39 is 0 Å². The first kappa shape index (κ1) is 14.1. The molecule has 0 aromatic heterocycles. The summed E-state index contributed by atoms with van der Waals surface area (Å²) in [4.78, 5) is 10.5. The number of nitro groups is 1. The van der Waals surface area contributed by atoms with Crippen molar-refractivity contribution >= 4 is 5.69 Å². The van der Waals surface area contributed by atoms with Gasteiger partial charge < -0.3 is 4.74 Å². The van der Waals surface area contributed by atoms with E-state index in [4.69, 9.17) is 4.74 Å². The fourth-order valence-corrected chi connectivity index (χ4v) is 1.92. The lowest BCUT2D eigenvalue weighted by Gasteiger charge is -2.09. The fraction of sp³-hybridized carbons (Fsp3) is 0.250. The second-order valence-corrected chi connectivity index (χ2v) is 4.90. The minimum atomic E-state index is -0.388. The molecule has 20 heavy (non-hydrogen) atoms. The zero-order chi connectivity index (χ0) is 14.5. The van der Waals surface area contributed by atoms with E-state index in [-0.39, 0.29) is 17.2 Å². The maximum Gasteiger partial charge on any atom is 0.276 e. The quantitative estimate of drug-likeness (QED) is 0.602. The van der Waals surface area contributed by atoms with Crippen molar-refractivity contribution in [2.45, 2.75) is 26.4 Å². The molecule has 0 bridgehead atoms. The van der Waals surface area contributed by atoms with Gasteiger partial charge in [-0.1, -0.05) is 38.1 Å². The molecule has 2 aromatic rings. The molecule has 0 saturated carbocycles. The number of nitro benzene ring substituents is 1. The molecule has 0 aliphatic carbocycles. The molecular weight excluding hydrogens is 254 g/mol. The summed E-state index contributed by atoms with van der Waals surface area (Å²) >= 11 is 0. The van der Waals surface area contributed by atoms with E-state index in [9.17, 15) is 10.1 Å². The van der Waals surface area contributed by atoms with Crippen molar-refractivity contribution in [2.75, 3.05) is 0 Å². The zero-order valence-corrected chi connectivity index (χ0v) is 11.6. The van der Waals surface area contributed by atoms with Crippen molar-refractivity contribution in [3.05, 3.63) is 69.8 Å². The summed E-state index contributed by atoms with van der Waals surface area (Å²) in [5.41, 5.74) is 1.90. The molecule has 2 rings (SSSR count). The average Bonchev–Trinajstić information content (AvgIpc) is 2.45. The molecule has 0 heterocycles. The molecule has 0 aliphatic heterocycles. The Kier molecular flexibility index (Phi) is 4.35. The molecule has 0 N–H and O–H groups in total. The Morgan fingerprint density at radius 3 is 2.35 bits per heavy atom. The van der Waals surface area contributed by atoms with Crippen LogP contribution in [0.15, 0.2) is 48.5 Å². The summed E-state index contributed by atoms with van der Waals surface area (Å²) in [6.07, 6.45) is 0. The third kappa shape index (κ3) is 3.35. The molecule has 0 radical (unpaired) electrons. The molecule has 2 aromatic carbocycles. The molecule has 0 fully saturated rings. The standard InChI is InChI=1S/C16H17NO3/c1-12(2)13-7-9-15(10-8-13)20-11-14-5-3-4-6-16(14)17(18)19/h3-10,12H,11H2,1-2H3. The number of hydrogen-bond acceptors (Lipinski definition) is 3. The lowest BCUT2D eigenvalue weighted by atomic mass is 10.0. The maximum atomic E-state index is 10.9. The molecule has 0 aliphatic rings. The van der Waals surface area contributed by atoms with Gasteiger partial charge >= 0.3 is 0 Å². The van der Waals surface area contributed by atoms with Gasteiger partial charge in [0.2, 0.25) is 0 Å². The van der Waals surface area contributed by atoms with Crippen LogP contribution in [0.3, 0.4) is 0 Å².